The van der Waals surface area contributed by atoms with Gasteiger partial charge in [0.05, 0.1) is 9.79 Å². The van der Waals surface area contributed by atoms with Crippen molar-refractivity contribution in [1.29, 1.82) is 0 Å². The number of hydrogen-bond acceptors (Lipinski definition) is 4. The lowest BCUT2D eigenvalue weighted by atomic mass is 9.95. The van der Waals surface area contributed by atoms with E-state index in [1.165, 1.54) is 35.9 Å². The molecule has 2 bridgehead atoms. The number of aromatic hydroxyl groups is 1. The highest BCUT2D eigenvalue weighted by atomic mass is 32.2. The lowest BCUT2D eigenvalue weighted by molar-refractivity contribution is 0.332. The number of hydrogen-bond donors (Lipinski definition) is 2. The summed E-state index contributed by atoms with van der Waals surface area (Å²) in [5, 5.41) is 14.3. The molecule has 0 radical (unpaired) electrons. The van der Waals surface area contributed by atoms with Crippen LogP contribution in [-0.2, 0) is 23.3 Å². The largest absolute Gasteiger partial charge is 0.508 e. The number of rotatable bonds is 2. The number of phenolic OH excluding ortho intramolecular Hbond substituents is 1. The minimum Gasteiger partial charge on any atom is -0.508 e. The molecule has 1 fully saturated rings. The summed E-state index contributed by atoms with van der Waals surface area (Å²) in [5.74, 6) is 0.605. The molecule has 2 N–H and O–H groups in total. The highest BCUT2D eigenvalue weighted by Gasteiger charge is 2.33. The Balaban J connectivity index is 1.72. The summed E-state index contributed by atoms with van der Waals surface area (Å²) in [6, 6.07) is 11.5. The van der Waals surface area contributed by atoms with Gasteiger partial charge in [-0.25, -0.2) is 8.42 Å². The molecule has 6 heteroatoms. The zero-order valence-electron chi connectivity index (χ0n) is 15.1. The average Bonchev–Trinajstić information content (AvgIpc) is 2.82. The molecule has 2 aromatic carbocycles. The summed E-state index contributed by atoms with van der Waals surface area (Å²) in [6.07, 6.45) is 3.36. The highest BCUT2D eigenvalue weighted by Crippen LogP contribution is 2.41. The van der Waals surface area contributed by atoms with Crippen LogP contribution >= 0.6 is 0 Å². The van der Waals surface area contributed by atoms with E-state index >= 15 is 0 Å². The van der Waals surface area contributed by atoms with Crippen LogP contribution in [0, 0.1) is 5.92 Å². The minimum atomic E-state index is -3.68. The van der Waals surface area contributed by atoms with Gasteiger partial charge >= 0.3 is 0 Å². The molecule has 1 saturated heterocycles. The smallest absolute Gasteiger partial charge is 0.206 e. The summed E-state index contributed by atoms with van der Waals surface area (Å²) in [6.45, 7) is 1.03. The molecule has 1 aliphatic carbocycles. The number of fused-ring (bicyclic) bond motifs is 3. The fourth-order valence-corrected chi connectivity index (χ4v) is 6.03. The van der Waals surface area contributed by atoms with Crippen LogP contribution in [-0.4, -0.2) is 24.6 Å². The van der Waals surface area contributed by atoms with Gasteiger partial charge in [-0.05, 0) is 73.7 Å². The molecular weight excluding hydrogens is 360 g/mol. The Morgan fingerprint density at radius 1 is 1.11 bits per heavy atom. The molecule has 2 aliphatic heterocycles. The molecule has 6 rings (SSSR count). The summed E-state index contributed by atoms with van der Waals surface area (Å²) in [7, 11) is -1.60. The van der Waals surface area contributed by atoms with E-state index in [1.54, 1.807) is 12.1 Å². The molecule has 0 spiro atoms. The second-order valence-electron chi connectivity index (χ2n) is 7.71. The van der Waals surface area contributed by atoms with Gasteiger partial charge in [-0.1, -0.05) is 6.07 Å². The average molecular weight is 382 g/mol. The first-order chi connectivity index (χ1) is 12.9. The van der Waals surface area contributed by atoms with Gasteiger partial charge in [0, 0.05) is 29.7 Å². The minimum absolute atomic E-state index is 0.0491. The number of aromatic nitrogens is 1. The van der Waals surface area contributed by atoms with E-state index in [1.807, 2.05) is 12.1 Å². The van der Waals surface area contributed by atoms with Crippen LogP contribution in [0.4, 0.5) is 0 Å². The zero-order valence-corrected chi connectivity index (χ0v) is 16.0. The van der Waals surface area contributed by atoms with Crippen molar-refractivity contribution in [3.63, 3.8) is 0 Å². The first kappa shape index (κ1) is 16.8. The lowest BCUT2D eigenvalue weighted by Gasteiger charge is -2.25. The van der Waals surface area contributed by atoms with E-state index in [0.717, 1.165) is 30.3 Å². The molecule has 5 nitrogen and oxygen atoms in total. The Kier molecular flexibility index (Phi) is 3.64. The Bertz CT molecular complexity index is 1160. The maximum atomic E-state index is 13.1. The SMILES string of the molecule is Cn1c2c(c3cc(S(=O)(=O)c4cccc(O)c4)ccc31)C1CCC(CN1)C2. The molecular formula is C21H22N2O3S. The normalized spacial score (nSPS) is 22.0. The van der Waals surface area contributed by atoms with Crippen molar-refractivity contribution in [2.24, 2.45) is 13.0 Å². The van der Waals surface area contributed by atoms with Crippen LogP contribution in [0.3, 0.4) is 0 Å². The summed E-state index contributed by atoms with van der Waals surface area (Å²) >= 11 is 0. The van der Waals surface area contributed by atoms with Gasteiger partial charge in [0.15, 0.2) is 0 Å². The van der Waals surface area contributed by atoms with Crippen molar-refractivity contribution < 1.29 is 13.5 Å². The Morgan fingerprint density at radius 3 is 2.67 bits per heavy atom. The number of phenols is 1. The molecule has 3 aromatic rings. The van der Waals surface area contributed by atoms with E-state index in [4.69, 9.17) is 0 Å². The second-order valence-corrected chi connectivity index (χ2v) is 9.66. The number of sulfone groups is 1. The van der Waals surface area contributed by atoms with E-state index in [2.05, 4.69) is 16.9 Å². The number of benzene rings is 2. The number of piperidine rings is 1. The predicted octanol–water partition coefficient (Wildman–Crippen LogP) is 3.31. The number of nitrogens with one attached hydrogen (secondary N) is 1. The maximum Gasteiger partial charge on any atom is 0.206 e. The van der Waals surface area contributed by atoms with Crippen molar-refractivity contribution >= 4 is 20.7 Å². The monoisotopic (exact) mass is 382 g/mol. The van der Waals surface area contributed by atoms with E-state index in [0.29, 0.717) is 12.0 Å². The van der Waals surface area contributed by atoms with Gasteiger partial charge in [-0.2, -0.15) is 0 Å². The molecule has 3 aliphatic rings. The lowest BCUT2D eigenvalue weighted by Crippen LogP contribution is -2.30. The van der Waals surface area contributed by atoms with E-state index in [9.17, 15) is 13.5 Å². The topological polar surface area (TPSA) is 71.3 Å². The third kappa shape index (κ3) is 2.51. The molecule has 2 unspecified atom stereocenters. The fraction of sp³-hybridized carbons (Fsp3) is 0.333. The molecule has 1 aromatic heterocycles. The first-order valence-corrected chi connectivity index (χ1v) is 10.8. The summed E-state index contributed by atoms with van der Waals surface area (Å²) < 4.78 is 28.4. The van der Waals surface area contributed by atoms with Crippen LogP contribution in [0.2, 0.25) is 0 Å². The van der Waals surface area contributed by atoms with Crippen LogP contribution in [0.15, 0.2) is 52.3 Å². The van der Waals surface area contributed by atoms with Crippen molar-refractivity contribution in [1.82, 2.24) is 9.88 Å². The van der Waals surface area contributed by atoms with Gasteiger partial charge in [0.1, 0.15) is 5.75 Å². The molecule has 140 valence electrons. The van der Waals surface area contributed by atoms with Crippen LogP contribution < -0.4 is 5.32 Å². The van der Waals surface area contributed by atoms with Gasteiger partial charge in [-0.3, -0.25) is 0 Å². The van der Waals surface area contributed by atoms with E-state index < -0.39 is 9.84 Å². The number of aryl methyl sites for hydroxylation is 1. The van der Waals surface area contributed by atoms with E-state index in [-0.39, 0.29) is 15.5 Å². The zero-order chi connectivity index (χ0) is 18.8. The Hall–Kier alpha value is -2.31. The van der Waals surface area contributed by atoms with Crippen LogP contribution in [0.25, 0.3) is 10.9 Å². The van der Waals surface area contributed by atoms with Gasteiger partial charge in [0.25, 0.3) is 0 Å². The van der Waals surface area contributed by atoms with Crippen LogP contribution in [0.5, 0.6) is 5.75 Å². The summed E-state index contributed by atoms with van der Waals surface area (Å²) in [4.78, 5) is 0.385. The van der Waals surface area contributed by atoms with Crippen molar-refractivity contribution in [3.8, 4) is 5.75 Å². The Labute approximate surface area is 158 Å². The Morgan fingerprint density at radius 2 is 1.93 bits per heavy atom. The molecule has 27 heavy (non-hydrogen) atoms. The third-order valence-electron chi connectivity index (χ3n) is 6.12. The molecule has 0 saturated carbocycles. The van der Waals surface area contributed by atoms with Crippen LogP contribution in [0.1, 0.15) is 30.1 Å². The molecule has 3 heterocycles. The maximum absolute atomic E-state index is 13.1. The second kappa shape index (κ2) is 5.84. The molecule has 2 atom stereocenters. The highest BCUT2D eigenvalue weighted by molar-refractivity contribution is 7.91. The predicted molar refractivity (Wildman–Crippen MR) is 104 cm³/mol. The summed E-state index contributed by atoms with van der Waals surface area (Å²) in [5.41, 5.74) is 3.67. The van der Waals surface area contributed by atoms with Crippen molar-refractivity contribution in [3.05, 3.63) is 53.7 Å². The molecule has 0 amide bonds. The van der Waals surface area contributed by atoms with Crippen molar-refractivity contribution in [2.45, 2.75) is 35.1 Å². The first-order valence-electron chi connectivity index (χ1n) is 9.34. The van der Waals surface area contributed by atoms with Gasteiger partial charge < -0.3 is 15.0 Å². The fourth-order valence-electron chi connectivity index (χ4n) is 4.70. The van der Waals surface area contributed by atoms with Crippen molar-refractivity contribution in [2.75, 3.05) is 6.54 Å². The van der Waals surface area contributed by atoms with Gasteiger partial charge in [-0.15, -0.1) is 0 Å². The quantitative estimate of drug-likeness (QED) is 0.713. The van der Waals surface area contributed by atoms with Gasteiger partial charge in [0.2, 0.25) is 9.84 Å². The third-order valence-corrected chi connectivity index (χ3v) is 7.87. The standard InChI is InChI=1S/C21H22N2O3S/c1-23-19-8-6-16(27(25,26)15-4-2-3-14(24)10-15)11-17(19)21-18-7-5-13(12-22-18)9-20(21)23/h2-4,6,8,10-11,13,18,22,24H,5,7,9,12H2,1H3. The number of nitrogens with zero attached hydrogens (tertiary/aromatic N) is 1.